The fourth-order valence-corrected chi connectivity index (χ4v) is 2.59. The first-order valence-electron chi connectivity index (χ1n) is 6.78. The van der Waals surface area contributed by atoms with Crippen LogP contribution in [0.1, 0.15) is 29.6 Å². The quantitative estimate of drug-likeness (QED) is 0.629. The summed E-state index contributed by atoms with van der Waals surface area (Å²) in [4.78, 5) is 33.4. The molecule has 0 unspecified atom stereocenters. The van der Waals surface area contributed by atoms with Crippen molar-refractivity contribution in [2.75, 3.05) is 7.11 Å². The van der Waals surface area contributed by atoms with E-state index in [0.717, 1.165) is 6.07 Å². The molecule has 118 valence electrons. The third-order valence-electron chi connectivity index (χ3n) is 3.76. The number of carbonyl (C=O) groups excluding carboxylic acids is 1. The van der Waals surface area contributed by atoms with Crippen molar-refractivity contribution in [1.82, 2.24) is 5.32 Å². The first kappa shape index (κ1) is 15.7. The van der Waals surface area contributed by atoms with Crippen molar-refractivity contribution in [3.8, 4) is 5.75 Å². The van der Waals surface area contributed by atoms with Gasteiger partial charge in [-0.2, -0.15) is 0 Å². The summed E-state index contributed by atoms with van der Waals surface area (Å²) in [5, 5.41) is 22.5. The highest BCUT2D eigenvalue weighted by Gasteiger charge is 2.31. The van der Waals surface area contributed by atoms with Gasteiger partial charge in [0.2, 0.25) is 0 Å². The Bertz CT molecular complexity index is 615. The molecule has 2 rings (SSSR count). The van der Waals surface area contributed by atoms with Crippen LogP contribution in [0.4, 0.5) is 5.69 Å². The van der Waals surface area contributed by atoms with Gasteiger partial charge in [0.15, 0.2) is 0 Å². The summed E-state index contributed by atoms with van der Waals surface area (Å²) in [5.41, 5.74) is -0.142. The number of aliphatic carboxylic acids is 1. The van der Waals surface area contributed by atoms with Crippen LogP contribution >= 0.6 is 0 Å². The number of hydrogen-bond acceptors (Lipinski definition) is 5. The van der Waals surface area contributed by atoms with E-state index < -0.39 is 22.7 Å². The number of nitrogens with one attached hydrogen (secondary N) is 1. The lowest BCUT2D eigenvalue weighted by Crippen LogP contribution is -2.33. The van der Waals surface area contributed by atoms with Gasteiger partial charge < -0.3 is 15.2 Å². The molecule has 0 spiro atoms. The summed E-state index contributed by atoms with van der Waals surface area (Å²) < 4.78 is 5.05. The normalized spacial score (nSPS) is 20.4. The number of methoxy groups -OCH3 is 1. The predicted octanol–water partition coefficient (Wildman–Crippen LogP) is 1.59. The minimum absolute atomic E-state index is 0.0653. The first-order chi connectivity index (χ1) is 10.4. The van der Waals surface area contributed by atoms with E-state index in [-0.39, 0.29) is 23.0 Å². The van der Waals surface area contributed by atoms with Gasteiger partial charge in [-0.3, -0.25) is 19.7 Å². The molecule has 22 heavy (non-hydrogen) atoms. The van der Waals surface area contributed by atoms with Gasteiger partial charge in [-0.25, -0.2) is 0 Å². The smallest absolute Gasteiger partial charge is 0.306 e. The zero-order chi connectivity index (χ0) is 16.3. The van der Waals surface area contributed by atoms with Crippen molar-refractivity contribution in [2.24, 2.45) is 5.92 Å². The summed E-state index contributed by atoms with van der Waals surface area (Å²) >= 11 is 0. The lowest BCUT2D eigenvalue weighted by Gasteiger charge is -2.14. The monoisotopic (exact) mass is 308 g/mol. The zero-order valence-electron chi connectivity index (χ0n) is 11.9. The number of benzene rings is 1. The Balaban J connectivity index is 2.14. The molecular weight excluding hydrogens is 292 g/mol. The van der Waals surface area contributed by atoms with Gasteiger partial charge in [-0.1, -0.05) is 0 Å². The Hall–Kier alpha value is -2.64. The van der Waals surface area contributed by atoms with Crippen LogP contribution in [0.25, 0.3) is 0 Å². The maximum Gasteiger partial charge on any atom is 0.306 e. The van der Waals surface area contributed by atoms with E-state index in [1.165, 1.54) is 19.2 Å². The maximum atomic E-state index is 12.3. The Morgan fingerprint density at radius 2 is 2.14 bits per heavy atom. The maximum absolute atomic E-state index is 12.3. The van der Waals surface area contributed by atoms with Crippen LogP contribution in [0, 0.1) is 16.0 Å². The fraction of sp³-hybridized carbons (Fsp3) is 0.429. The molecule has 2 atom stereocenters. The SMILES string of the molecule is COc1ccc([N+](=O)[O-])cc1C(=O)N[C@@H]1CC[C@H](C(=O)O)C1. The number of carbonyl (C=O) groups is 2. The number of nitro groups is 1. The average molecular weight is 308 g/mol. The molecule has 1 saturated carbocycles. The molecule has 0 aromatic heterocycles. The van der Waals surface area contributed by atoms with Gasteiger partial charge in [-0.05, 0) is 25.3 Å². The number of nitrogens with zero attached hydrogens (tertiary/aromatic N) is 1. The second-order valence-corrected chi connectivity index (χ2v) is 5.16. The molecule has 1 aliphatic rings. The molecule has 2 N–H and O–H groups in total. The minimum Gasteiger partial charge on any atom is -0.496 e. The van der Waals surface area contributed by atoms with Crippen LogP contribution in [0.15, 0.2) is 18.2 Å². The lowest BCUT2D eigenvalue weighted by molar-refractivity contribution is -0.384. The third kappa shape index (κ3) is 3.33. The van der Waals surface area contributed by atoms with Crippen molar-refractivity contribution < 1.29 is 24.4 Å². The molecule has 0 saturated heterocycles. The minimum atomic E-state index is -0.871. The summed E-state index contributed by atoms with van der Waals surface area (Å²) in [6.07, 6.45) is 1.44. The largest absolute Gasteiger partial charge is 0.496 e. The number of nitro benzene ring substituents is 1. The first-order valence-corrected chi connectivity index (χ1v) is 6.78. The molecule has 8 heteroatoms. The van der Waals surface area contributed by atoms with E-state index >= 15 is 0 Å². The number of hydrogen-bond donors (Lipinski definition) is 2. The van der Waals surface area contributed by atoms with Gasteiger partial charge in [0, 0.05) is 18.2 Å². The summed E-state index contributed by atoms with van der Waals surface area (Å²) in [6.45, 7) is 0. The number of ether oxygens (including phenoxy) is 1. The topological polar surface area (TPSA) is 119 Å². The molecule has 0 heterocycles. The summed E-state index contributed by atoms with van der Waals surface area (Å²) in [5.74, 6) is -1.60. The van der Waals surface area contributed by atoms with E-state index in [0.29, 0.717) is 19.3 Å². The van der Waals surface area contributed by atoms with Gasteiger partial charge in [0.25, 0.3) is 11.6 Å². The highest BCUT2D eigenvalue weighted by molar-refractivity contribution is 5.97. The van der Waals surface area contributed by atoms with E-state index in [4.69, 9.17) is 9.84 Å². The van der Waals surface area contributed by atoms with Crippen LogP contribution in [-0.4, -0.2) is 35.1 Å². The third-order valence-corrected chi connectivity index (χ3v) is 3.76. The highest BCUT2D eigenvalue weighted by atomic mass is 16.6. The number of carboxylic acid groups (broad SMARTS) is 1. The molecule has 1 amide bonds. The van der Waals surface area contributed by atoms with E-state index in [2.05, 4.69) is 5.32 Å². The van der Waals surface area contributed by atoms with E-state index in [1.807, 2.05) is 0 Å². The molecule has 8 nitrogen and oxygen atoms in total. The van der Waals surface area contributed by atoms with Crippen molar-refractivity contribution in [3.63, 3.8) is 0 Å². The molecular formula is C14H16N2O6. The fourth-order valence-electron chi connectivity index (χ4n) is 2.59. The molecule has 1 fully saturated rings. The lowest BCUT2D eigenvalue weighted by atomic mass is 10.1. The Morgan fingerprint density at radius 3 is 2.68 bits per heavy atom. The number of non-ortho nitro benzene ring substituents is 1. The second-order valence-electron chi connectivity index (χ2n) is 5.16. The average Bonchev–Trinajstić information content (AvgIpc) is 2.95. The van der Waals surface area contributed by atoms with E-state index in [9.17, 15) is 19.7 Å². The number of carboxylic acids is 1. The van der Waals surface area contributed by atoms with Crippen molar-refractivity contribution >= 4 is 17.6 Å². The molecule has 1 aliphatic carbocycles. The van der Waals surface area contributed by atoms with Crippen LogP contribution in [0.2, 0.25) is 0 Å². The standard InChI is InChI=1S/C14H16N2O6/c1-22-12-5-4-10(16(20)21)7-11(12)13(17)15-9-3-2-8(6-9)14(18)19/h4-5,7-9H,2-3,6H2,1H3,(H,15,17)(H,18,19)/t8-,9+/m0/s1. The van der Waals surface area contributed by atoms with Gasteiger partial charge in [0.05, 0.1) is 23.5 Å². The van der Waals surface area contributed by atoms with Crippen molar-refractivity contribution in [2.45, 2.75) is 25.3 Å². The Kier molecular flexibility index (Phi) is 4.59. The molecule has 0 aliphatic heterocycles. The predicted molar refractivity (Wildman–Crippen MR) is 75.9 cm³/mol. The van der Waals surface area contributed by atoms with Crippen LogP contribution in [-0.2, 0) is 4.79 Å². The van der Waals surface area contributed by atoms with Gasteiger partial charge in [0.1, 0.15) is 5.75 Å². The van der Waals surface area contributed by atoms with Gasteiger partial charge >= 0.3 is 5.97 Å². The van der Waals surface area contributed by atoms with E-state index in [1.54, 1.807) is 0 Å². The molecule has 1 aromatic rings. The zero-order valence-corrected chi connectivity index (χ0v) is 11.9. The molecule has 1 aromatic carbocycles. The van der Waals surface area contributed by atoms with Crippen LogP contribution < -0.4 is 10.1 Å². The second kappa shape index (κ2) is 6.42. The van der Waals surface area contributed by atoms with Crippen molar-refractivity contribution in [3.05, 3.63) is 33.9 Å². The Labute approximate surface area is 126 Å². The molecule has 0 radical (unpaired) electrons. The Morgan fingerprint density at radius 1 is 1.41 bits per heavy atom. The van der Waals surface area contributed by atoms with Crippen molar-refractivity contribution in [1.29, 1.82) is 0 Å². The van der Waals surface area contributed by atoms with Gasteiger partial charge in [-0.15, -0.1) is 0 Å². The van der Waals surface area contributed by atoms with Crippen LogP contribution in [0.3, 0.4) is 0 Å². The van der Waals surface area contributed by atoms with Crippen LogP contribution in [0.5, 0.6) is 5.75 Å². The number of rotatable bonds is 5. The molecule has 0 bridgehead atoms. The number of amides is 1. The highest BCUT2D eigenvalue weighted by Crippen LogP contribution is 2.28. The summed E-state index contributed by atoms with van der Waals surface area (Å²) in [6, 6.07) is 3.52. The summed E-state index contributed by atoms with van der Waals surface area (Å²) in [7, 11) is 1.37.